The molecule has 0 aliphatic carbocycles. The molecule has 0 atom stereocenters. The fourth-order valence-electron chi connectivity index (χ4n) is 4.54. The van der Waals surface area contributed by atoms with Gasteiger partial charge in [0.1, 0.15) is 46.6 Å². The van der Waals surface area contributed by atoms with E-state index >= 15 is 0 Å². The van der Waals surface area contributed by atoms with Crippen molar-refractivity contribution in [2.75, 3.05) is 0 Å². The van der Waals surface area contributed by atoms with Crippen molar-refractivity contribution in [1.29, 1.82) is 10.5 Å². The number of phenols is 2. The van der Waals surface area contributed by atoms with Gasteiger partial charge in [0.2, 0.25) is 0 Å². The standard InChI is InChI=1S/C28H14N4O2.C12H10O2/c1-31-27-14-13-26(16-28(27)32-2)34-24-10-5-20(6-11-24)19-3-8-23(9-4-19)33-25-12-7-21(17-29)22(15-25)18-30;13-11-5-1-9(2-6-11)10-3-7-12(14)8-4-10/h3-16H;1-8,13-14H. The van der Waals surface area contributed by atoms with Crippen LogP contribution in [0.15, 0.2) is 133 Å². The molecule has 0 heterocycles. The first-order valence-electron chi connectivity index (χ1n) is 14.4. The number of benzene rings is 6. The van der Waals surface area contributed by atoms with E-state index in [1.807, 2.05) is 84.9 Å². The van der Waals surface area contributed by atoms with Gasteiger partial charge in [0, 0.05) is 0 Å². The molecule has 6 aromatic carbocycles. The summed E-state index contributed by atoms with van der Waals surface area (Å²) < 4.78 is 11.6. The van der Waals surface area contributed by atoms with Gasteiger partial charge in [-0.2, -0.15) is 10.5 Å². The summed E-state index contributed by atoms with van der Waals surface area (Å²) in [5.74, 6) is 2.71. The molecule has 228 valence electrons. The summed E-state index contributed by atoms with van der Waals surface area (Å²) in [5.41, 5.74) is 5.13. The van der Waals surface area contributed by atoms with Gasteiger partial charge in [-0.25, -0.2) is 4.85 Å². The first-order chi connectivity index (χ1) is 23.4. The van der Waals surface area contributed by atoms with Crippen molar-refractivity contribution in [3.63, 3.8) is 0 Å². The van der Waals surface area contributed by atoms with Crippen molar-refractivity contribution in [2.24, 2.45) is 0 Å². The van der Waals surface area contributed by atoms with E-state index in [0.29, 0.717) is 34.2 Å². The summed E-state index contributed by atoms with van der Waals surface area (Å²) in [6.45, 7) is 14.3. The zero-order valence-electron chi connectivity index (χ0n) is 25.2. The minimum absolute atomic E-state index is 0.257. The Labute approximate surface area is 277 Å². The molecule has 0 spiro atoms. The van der Waals surface area contributed by atoms with E-state index in [-0.39, 0.29) is 22.7 Å². The number of ether oxygens (including phenoxy) is 2. The highest BCUT2D eigenvalue weighted by molar-refractivity contribution is 5.72. The number of aromatic hydroxyl groups is 2. The van der Waals surface area contributed by atoms with Crippen molar-refractivity contribution in [3.8, 4) is 68.9 Å². The summed E-state index contributed by atoms with van der Waals surface area (Å²) >= 11 is 0. The highest BCUT2D eigenvalue weighted by Gasteiger charge is 2.08. The Balaban J connectivity index is 0.000000267. The zero-order chi connectivity index (χ0) is 33.9. The normalized spacial score (nSPS) is 9.75. The topological polar surface area (TPSA) is 115 Å². The maximum Gasteiger partial charge on any atom is 0.198 e. The lowest BCUT2D eigenvalue weighted by Crippen LogP contribution is -1.88. The Morgan fingerprint density at radius 2 is 0.812 bits per heavy atom. The van der Waals surface area contributed by atoms with Gasteiger partial charge in [-0.3, -0.25) is 4.85 Å². The van der Waals surface area contributed by atoms with E-state index in [4.69, 9.17) is 43.4 Å². The molecule has 2 N–H and O–H groups in total. The summed E-state index contributed by atoms with van der Waals surface area (Å²) in [6.07, 6.45) is 0. The van der Waals surface area contributed by atoms with Crippen LogP contribution in [0.4, 0.5) is 11.4 Å². The number of nitrogens with zero attached hydrogens (tertiary/aromatic N) is 4. The lowest BCUT2D eigenvalue weighted by molar-refractivity contribution is 0.474. The molecule has 0 aromatic heterocycles. The van der Waals surface area contributed by atoms with Gasteiger partial charge in [0.25, 0.3) is 0 Å². The summed E-state index contributed by atoms with van der Waals surface area (Å²) in [4.78, 5) is 6.69. The molecule has 8 heteroatoms. The molecular weight excluding hydrogens is 600 g/mol. The number of hydrogen-bond acceptors (Lipinski definition) is 6. The van der Waals surface area contributed by atoms with Crippen LogP contribution in [0.3, 0.4) is 0 Å². The van der Waals surface area contributed by atoms with Gasteiger partial charge >= 0.3 is 0 Å². The van der Waals surface area contributed by atoms with Gasteiger partial charge in [-0.15, -0.1) is 0 Å². The molecule has 0 saturated heterocycles. The van der Waals surface area contributed by atoms with E-state index in [1.165, 1.54) is 0 Å². The van der Waals surface area contributed by atoms with Crippen LogP contribution in [0.1, 0.15) is 11.1 Å². The fourth-order valence-corrected chi connectivity index (χ4v) is 4.54. The highest BCUT2D eigenvalue weighted by Crippen LogP contribution is 2.35. The number of phenolic OH excluding ortho intramolecular Hbond substituents is 2. The van der Waals surface area contributed by atoms with E-state index < -0.39 is 0 Å². The van der Waals surface area contributed by atoms with Crippen LogP contribution in [0, 0.1) is 35.8 Å². The van der Waals surface area contributed by atoms with Crippen molar-refractivity contribution in [3.05, 3.63) is 167 Å². The minimum Gasteiger partial charge on any atom is -0.508 e. The van der Waals surface area contributed by atoms with Crippen LogP contribution in [0.2, 0.25) is 0 Å². The van der Waals surface area contributed by atoms with E-state index in [9.17, 15) is 0 Å². The number of nitriles is 2. The predicted octanol–water partition coefficient (Wildman–Crippen LogP) is 10.5. The highest BCUT2D eigenvalue weighted by atomic mass is 16.5. The minimum atomic E-state index is 0.257. The van der Waals surface area contributed by atoms with Crippen LogP contribution in [0.5, 0.6) is 34.5 Å². The maximum atomic E-state index is 9.16. The smallest absolute Gasteiger partial charge is 0.198 e. The van der Waals surface area contributed by atoms with E-state index in [0.717, 1.165) is 22.3 Å². The number of rotatable bonds is 6. The molecule has 0 fully saturated rings. The molecule has 0 bridgehead atoms. The molecule has 6 aromatic rings. The fraction of sp³-hybridized carbons (Fsp3) is 0. The zero-order valence-corrected chi connectivity index (χ0v) is 25.2. The van der Waals surface area contributed by atoms with E-state index in [2.05, 4.69) is 9.69 Å². The summed E-state index contributed by atoms with van der Waals surface area (Å²) in [6, 6.07) is 42.5. The molecule has 0 aliphatic heterocycles. The second kappa shape index (κ2) is 15.0. The summed E-state index contributed by atoms with van der Waals surface area (Å²) in [7, 11) is 0. The quantitative estimate of drug-likeness (QED) is 0.178. The molecule has 0 saturated carbocycles. The third kappa shape index (κ3) is 7.95. The predicted molar refractivity (Wildman–Crippen MR) is 182 cm³/mol. The Kier molecular flexibility index (Phi) is 9.95. The lowest BCUT2D eigenvalue weighted by Gasteiger charge is -2.09. The van der Waals surface area contributed by atoms with Crippen molar-refractivity contribution >= 4 is 11.4 Å². The first kappa shape index (κ1) is 31.9. The first-order valence-corrected chi connectivity index (χ1v) is 14.4. The lowest BCUT2D eigenvalue weighted by atomic mass is 10.1. The third-order valence-electron chi connectivity index (χ3n) is 7.00. The van der Waals surface area contributed by atoms with Crippen molar-refractivity contribution in [2.45, 2.75) is 0 Å². The van der Waals surface area contributed by atoms with Gasteiger partial charge in [-0.1, -0.05) is 54.6 Å². The third-order valence-corrected chi connectivity index (χ3v) is 7.00. The van der Waals surface area contributed by atoms with Crippen molar-refractivity contribution in [1.82, 2.24) is 0 Å². The van der Waals surface area contributed by atoms with Crippen LogP contribution >= 0.6 is 0 Å². The van der Waals surface area contributed by atoms with Gasteiger partial charge in [0.15, 0.2) is 11.4 Å². The van der Waals surface area contributed by atoms with Gasteiger partial charge in [-0.05, 0) is 101 Å². The van der Waals surface area contributed by atoms with Crippen LogP contribution in [-0.4, -0.2) is 10.2 Å². The number of hydrogen-bond donors (Lipinski definition) is 2. The van der Waals surface area contributed by atoms with Crippen LogP contribution in [-0.2, 0) is 0 Å². The average molecular weight is 625 g/mol. The Morgan fingerprint density at radius 1 is 0.438 bits per heavy atom. The Morgan fingerprint density at radius 3 is 1.23 bits per heavy atom. The molecule has 0 amide bonds. The second-order valence-corrected chi connectivity index (χ2v) is 10.2. The maximum absolute atomic E-state index is 9.16. The average Bonchev–Trinajstić information content (AvgIpc) is 3.13. The Hall–Kier alpha value is -7.52. The SMILES string of the molecule is Oc1ccc(-c2ccc(O)cc2)cc1.[C-]#[N+]c1ccc(Oc2ccc(-c3ccc(Oc4ccc(C#N)c(C#N)c4)cc3)cc2)cc1[N+]#[C-]. The molecular formula is C40H24N4O4. The van der Waals surface area contributed by atoms with Crippen LogP contribution < -0.4 is 9.47 Å². The molecule has 48 heavy (non-hydrogen) atoms. The molecule has 8 nitrogen and oxygen atoms in total. The van der Waals surface area contributed by atoms with Crippen molar-refractivity contribution < 1.29 is 19.7 Å². The Bertz CT molecular complexity index is 2060. The van der Waals surface area contributed by atoms with Gasteiger partial charge < -0.3 is 19.7 Å². The molecule has 0 unspecified atom stereocenters. The second-order valence-electron chi connectivity index (χ2n) is 10.2. The van der Waals surface area contributed by atoms with Gasteiger partial charge in [0.05, 0.1) is 24.3 Å². The van der Waals surface area contributed by atoms with E-state index in [1.54, 1.807) is 60.7 Å². The molecule has 0 radical (unpaired) electrons. The molecule has 0 aliphatic rings. The molecule has 6 rings (SSSR count). The van der Waals surface area contributed by atoms with Crippen LogP contribution in [0.25, 0.3) is 31.9 Å². The largest absolute Gasteiger partial charge is 0.508 e. The monoisotopic (exact) mass is 624 g/mol. The summed E-state index contributed by atoms with van der Waals surface area (Å²) in [5, 5.41) is 36.4.